The van der Waals surface area contributed by atoms with Crippen molar-refractivity contribution in [3.8, 4) is 11.8 Å². The van der Waals surface area contributed by atoms with E-state index in [9.17, 15) is 9.18 Å². The predicted octanol–water partition coefficient (Wildman–Crippen LogP) is 2.58. The third-order valence-electron chi connectivity index (χ3n) is 3.80. The standard InChI is InChI=1S/C17H22FNO2/c1-12(2)17(3,4)11-19-16(21)15-8-7-14(18)10-13(15)6-5-9-20/h7-8,10,12,20H,9,11H2,1-4H3,(H,19,21). The first kappa shape index (κ1) is 17.2. The largest absolute Gasteiger partial charge is 0.384 e. The molecule has 0 aromatic heterocycles. The molecule has 1 aromatic carbocycles. The van der Waals surface area contributed by atoms with E-state index in [1.165, 1.54) is 18.2 Å². The van der Waals surface area contributed by atoms with Gasteiger partial charge in [-0.15, -0.1) is 0 Å². The smallest absolute Gasteiger partial charge is 0.252 e. The van der Waals surface area contributed by atoms with Gasteiger partial charge in [0.25, 0.3) is 5.91 Å². The molecule has 1 aromatic rings. The molecule has 0 saturated carbocycles. The van der Waals surface area contributed by atoms with Crippen molar-refractivity contribution in [2.24, 2.45) is 11.3 Å². The van der Waals surface area contributed by atoms with E-state index >= 15 is 0 Å². The van der Waals surface area contributed by atoms with Crippen molar-refractivity contribution in [1.29, 1.82) is 0 Å². The van der Waals surface area contributed by atoms with E-state index in [2.05, 4.69) is 44.9 Å². The van der Waals surface area contributed by atoms with Gasteiger partial charge in [0.05, 0.1) is 5.56 Å². The highest BCUT2D eigenvalue weighted by Crippen LogP contribution is 2.24. The normalized spacial score (nSPS) is 11.0. The molecule has 114 valence electrons. The zero-order valence-corrected chi connectivity index (χ0v) is 13.0. The summed E-state index contributed by atoms with van der Waals surface area (Å²) in [7, 11) is 0. The Kier molecular flexibility index (Phi) is 5.92. The minimum atomic E-state index is -0.462. The molecule has 0 aliphatic rings. The van der Waals surface area contributed by atoms with Crippen molar-refractivity contribution in [2.75, 3.05) is 13.2 Å². The van der Waals surface area contributed by atoms with Gasteiger partial charge in [0, 0.05) is 12.1 Å². The summed E-state index contributed by atoms with van der Waals surface area (Å²) in [6.45, 7) is 8.54. The van der Waals surface area contributed by atoms with Crippen molar-refractivity contribution in [3.63, 3.8) is 0 Å². The molecule has 0 aliphatic heterocycles. The number of nitrogens with one attached hydrogen (secondary N) is 1. The van der Waals surface area contributed by atoms with Crippen LogP contribution in [0.4, 0.5) is 4.39 Å². The highest BCUT2D eigenvalue weighted by atomic mass is 19.1. The molecule has 0 heterocycles. The van der Waals surface area contributed by atoms with E-state index in [0.717, 1.165) is 0 Å². The lowest BCUT2D eigenvalue weighted by atomic mass is 9.81. The Morgan fingerprint density at radius 2 is 2.10 bits per heavy atom. The average molecular weight is 291 g/mol. The van der Waals surface area contributed by atoms with Crippen LogP contribution in [0.5, 0.6) is 0 Å². The minimum absolute atomic E-state index is 0.0351. The first-order valence-corrected chi connectivity index (χ1v) is 6.95. The van der Waals surface area contributed by atoms with Crippen LogP contribution in [0.15, 0.2) is 18.2 Å². The summed E-state index contributed by atoms with van der Waals surface area (Å²) in [5.74, 6) is 4.71. The Balaban J connectivity index is 2.93. The quantitative estimate of drug-likeness (QED) is 0.838. The van der Waals surface area contributed by atoms with Crippen molar-refractivity contribution in [1.82, 2.24) is 5.32 Å². The molecular formula is C17H22FNO2. The van der Waals surface area contributed by atoms with E-state index in [4.69, 9.17) is 5.11 Å². The van der Waals surface area contributed by atoms with Crippen molar-refractivity contribution in [3.05, 3.63) is 35.1 Å². The lowest BCUT2D eigenvalue weighted by Crippen LogP contribution is -2.37. The second-order valence-corrected chi connectivity index (χ2v) is 5.98. The van der Waals surface area contributed by atoms with Crippen molar-refractivity contribution in [2.45, 2.75) is 27.7 Å². The summed E-state index contributed by atoms with van der Waals surface area (Å²) >= 11 is 0. The van der Waals surface area contributed by atoms with Crippen LogP contribution in [0, 0.1) is 29.0 Å². The van der Waals surface area contributed by atoms with Crippen LogP contribution in [-0.2, 0) is 0 Å². The van der Waals surface area contributed by atoms with Gasteiger partial charge >= 0.3 is 0 Å². The Morgan fingerprint density at radius 1 is 1.43 bits per heavy atom. The van der Waals surface area contributed by atoms with Gasteiger partial charge in [-0.1, -0.05) is 39.5 Å². The maximum Gasteiger partial charge on any atom is 0.252 e. The molecule has 0 unspecified atom stereocenters. The molecular weight excluding hydrogens is 269 g/mol. The number of hydrogen-bond acceptors (Lipinski definition) is 2. The Labute approximate surface area is 125 Å². The topological polar surface area (TPSA) is 49.3 Å². The molecule has 4 heteroatoms. The summed E-state index contributed by atoms with van der Waals surface area (Å²) in [5.41, 5.74) is 0.563. The van der Waals surface area contributed by atoms with Gasteiger partial charge in [0.2, 0.25) is 0 Å². The van der Waals surface area contributed by atoms with Gasteiger partial charge in [-0.25, -0.2) is 4.39 Å². The lowest BCUT2D eigenvalue weighted by Gasteiger charge is -2.29. The van der Waals surface area contributed by atoms with Crippen LogP contribution in [-0.4, -0.2) is 24.2 Å². The molecule has 21 heavy (non-hydrogen) atoms. The zero-order chi connectivity index (χ0) is 16.0. The van der Waals surface area contributed by atoms with E-state index in [-0.39, 0.29) is 23.5 Å². The Hall–Kier alpha value is -1.86. The molecule has 0 atom stereocenters. The first-order valence-electron chi connectivity index (χ1n) is 6.95. The fraction of sp³-hybridized carbons (Fsp3) is 0.471. The van der Waals surface area contributed by atoms with Gasteiger partial charge in [0.1, 0.15) is 12.4 Å². The van der Waals surface area contributed by atoms with Crippen LogP contribution in [0.3, 0.4) is 0 Å². The fourth-order valence-corrected chi connectivity index (χ4v) is 1.56. The Morgan fingerprint density at radius 3 is 2.67 bits per heavy atom. The third kappa shape index (κ3) is 4.87. The molecule has 1 amide bonds. The highest BCUT2D eigenvalue weighted by Gasteiger charge is 2.23. The number of hydrogen-bond donors (Lipinski definition) is 2. The first-order chi connectivity index (χ1) is 9.77. The highest BCUT2D eigenvalue weighted by molar-refractivity contribution is 5.96. The maximum atomic E-state index is 13.3. The van der Waals surface area contributed by atoms with Crippen LogP contribution in [0.1, 0.15) is 43.6 Å². The molecule has 0 saturated heterocycles. The fourth-order valence-electron chi connectivity index (χ4n) is 1.56. The maximum absolute atomic E-state index is 13.3. The van der Waals surface area contributed by atoms with Gasteiger partial charge in [-0.3, -0.25) is 4.79 Å². The van der Waals surface area contributed by atoms with Crippen molar-refractivity contribution < 1.29 is 14.3 Å². The van der Waals surface area contributed by atoms with Gasteiger partial charge in [0.15, 0.2) is 0 Å². The molecule has 0 spiro atoms. The molecule has 0 aliphatic carbocycles. The number of halogens is 1. The number of rotatable bonds is 4. The average Bonchev–Trinajstić information content (AvgIpc) is 2.42. The van der Waals surface area contributed by atoms with Crippen LogP contribution < -0.4 is 5.32 Å². The number of benzene rings is 1. The number of carbonyl (C=O) groups is 1. The SMILES string of the molecule is CC(C)C(C)(C)CNC(=O)c1ccc(F)cc1C#CCO. The van der Waals surface area contributed by atoms with E-state index < -0.39 is 5.82 Å². The predicted molar refractivity (Wildman–Crippen MR) is 81.3 cm³/mol. The van der Waals surface area contributed by atoms with E-state index in [0.29, 0.717) is 18.0 Å². The second kappa shape index (κ2) is 7.24. The summed E-state index contributed by atoms with van der Waals surface area (Å²) in [5, 5.41) is 11.6. The molecule has 2 N–H and O–H groups in total. The second-order valence-electron chi connectivity index (χ2n) is 5.98. The zero-order valence-electron chi connectivity index (χ0n) is 13.0. The van der Waals surface area contributed by atoms with Gasteiger partial charge in [-0.2, -0.15) is 0 Å². The lowest BCUT2D eigenvalue weighted by molar-refractivity contribution is 0.0924. The molecule has 0 fully saturated rings. The molecule has 1 rings (SSSR count). The van der Waals surface area contributed by atoms with Crippen LogP contribution in [0.25, 0.3) is 0 Å². The van der Waals surface area contributed by atoms with Gasteiger partial charge < -0.3 is 10.4 Å². The molecule has 0 bridgehead atoms. The van der Waals surface area contributed by atoms with Crippen molar-refractivity contribution >= 4 is 5.91 Å². The molecule has 3 nitrogen and oxygen atoms in total. The van der Waals surface area contributed by atoms with Gasteiger partial charge in [-0.05, 0) is 29.5 Å². The summed E-state index contributed by atoms with van der Waals surface area (Å²) in [6.07, 6.45) is 0. The molecule has 0 radical (unpaired) electrons. The number of carbonyl (C=O) groups excluding carboxylic acids is 1. The summed E-state index contributed by atoms with van der Waals surface area (Å²) < 4.78 is 13.3. The number of aliphatic hydroxyl groups is 1. The van der Waals surface area contributed by atoms with E-state index in [1.54, 1.807) is 0 Å². The Bertz CT molecular complexity index is 568. The van der Waals surface area contributed by atoms with E-state index in [1.807, 2.05) is 0 Å². The monoisotopic (exact) mass is 291 g/mol. The summed E-state index contributed by atoms with van der Waals surface area (Å²) in [4.78, 5) is 12.2. The number of aliphatic hydroxyl groups excluding tert-OH is 1. The van der Waals surface area contributed by atoms with Crippen LogP contribution >= 0.6 is 0 Å². The van der Waals surface area contributed by atoms with Crippen LogP contribution in [0.2, 0.25) is 0 Å². The third-order valence-corrected chi connectivity index (χ3v) is 3.80. The number of amides is 1. The summed E-state index contributed by atoms with van der Waals surface area (Å²) in [6, 6.07) is 3.84. The minimum Gasteiger partial charge on any atom is -0.384 e.